The first-order chi connectivity index (χ1) is 9.04. The van der Waals surface area contributed by atoms with Crippen molar-refractivity contribution in [3.8, 4) is 16.9 Å². The van der Waals surface area contributed by atoms with Gasteiger partial charge in [-0.3, -0.25) is 0 Å². The predicted octanol–water partition coefficient (Wildman–Crippen LogP) is 4.02. The number of methoxy groups -OCH3 is 1. The number of rotatable bonds is 3. The smallest absolute Gasteiger partial charge is 0.335 e. The molecule has 4 heteroatoms. The zero-order chi connectivity index (χ0) is 14.0. The molecule has 0 amide bonds. The zero-order valence-corrected chi connectivity index (χ0v) is 11.4. The lowest BCUT2D eigenvalue weighted by Gasteiger charge is -2.13. The van der Waals surface area contributed by atoms with E-state index in [1.807, 2.05) is 6.07 Å². The van der Waals surface area contributed by atoms with Crippen LogP contribution in [0.15, 0.2) is 36.4 Å². The van der Waals surface area contributed by atoms with Crippen molar-refractivity contribution < 1.29 is 14.6 Å². The van der Waals surface area contributed by atoms with Gasteiger partial charge in [0.1, 0.15) is 5.75 Å². The van der Waals surface area contributed by atoms with E-state index in [0.29, 0.717) is 16.3 Å². The van der Waals surface area contributed by atoms with Gasteiger partial charge in [-0.1, -0.05) is 23.7 Å². The van der Waals surface area contributed by atoms with Crippen molar-refractivity contribution in [3.63, 3.8) is 0 Å². The second-order valence-corrected chi connectivity index (χ2v) is 4.56. The van der Waals surface area contributed by atoms with Crippen LogP contribution in [0.3, 0.4) is 0 Å². The number of aromatic carboxylic acids is 1. The lowest BCUT2D eigenvalue weighted by atomic mass is 9.96. The topological polar surface area (TPSA) is 46.5 Å². The molecular formula is C15H13ClO3. The average Bonchev–Trinajstić information content (AvgIpc) is 2.38. The van der Waals surface area contributed by atoms with Crippen LogP contribution in [0.25, 0.3) is 11.1 Å². The van der Waals surface area contributed by atoms with Gasteiger partial charge in [0.25, 0.3) is 0 Å². The Labute approximate surface area is 116 Å². The van der Waals surface area contributed by atoms with Crippen LogP contribution in [-0.2, 0) is 0 Å². The summed E-state index contributed by atoms with van der Waals surface area (Å²) in [4.78, 5) is 11.2. The van der Waals surface area contributed by atoms with E-state index in [-0.39, 0.29) is 5.56 Å². The van der Waals surface area contributed by atoms with Gasteiger partial charge in [-0.05, 0) is 42.3 Å². The molecule has 0 aliphatic carbocycles. The van der Waals surface area contributed by atoms with Gasteiger partial charge in [-0.25, -0.2) is 4.79 Å². The van der Waals surface area contributed by atoms with Gasteiger partial charge in [0.15, 0.2) is 0 Å². The minimum atomic E-state index is -0.944. The number of carbonyl (C=O) groups is 1. The molecular weight excluding hydrogens is 264 g/mol. The summed E-state index contributed by atoms with van der Waals surface area (Å²) in [5, 5.41) is 9.74. The molecule has 1 N–H and O–H groups in total. The molecule has 0 atom stereocenters. The molecule has 2 aromatic carbocycles. The summed E-state index contributed by atoms with van der Waals surface area (Å²) >= 11 is 6.01. The van der Waals surface area contributed by atoms with Crippen molar-refractivity contribution in [1.29, 1.82) is 0 Å². The highest BCUT2D eigenvalue weighted by atomic mass is 35.5. The molecule has 0 unspecified atom stereocenters. The molecule has 0 aromatic heterocycles. The number of hydrogen-bond donors (Lipinski definition) is 1. The SMILES string of the molecule is COc1ccc(Cl)cc1-c1cccc(C(=O)O)c1C. The predicted molar refractivity (Wildman–Crippen MR) is 75.1 cm³/mol. The average molecular weight is 277 g/mol. The first-order valence-electron chi connectivity index (χ1n) is 5.71. The van der Waals surface area contributed by atoms with Crippen LogP contribution in [0.2, 0.25) is 5.02 Å². The molecule has 19 heavy (non-hydrogen) atoms. The maximum atomic E-state index is 11.2. The maximum absolute atomic E-state index is 11.2. The van der Waals surface area contributed by atoms with Crippen LogP contribution in [0.1, 0.15) is 15.9 Å². The summed E-state index contributed by atoms with van der Waals surface area (Å²) in [6, 6.07) is 10.4. The molecule has 0 saturated carbocycles. The van der Waals surface area contributed by atoms with Gasteiger partial charge < -0.3 is 9.84 Å². The lowest BCUT2D eigenvalue weighted by molar-refractivity contribution is 0.0696. The van der Waals surface area contributed by atoms with E-state index >= 15 is 0 Å². The summed E-state index contributed by atoms with van der Waals surface area (Å²) in [6.07, 6.45) is 0. The maximum Gasteiger partial charge on any atom is 0.335 e. The van der Waals surface area contributed by atoms with Crippen molar-refractivity contribution in [2.45, 2.75) is 6.92 Å². The molecule has 0 saturated heterocycles. The minimum Gasteiger partial charge on any atom is -0.496 e. The van der Waals surface area contributed by atoms with Crippen molar-refractivity contribution in [2.24, 2.45) is 0 Å². The Morgan fingerprint density at radius 3 is 2.58 bits per heavy atom. The van der Waals surface area contributed by atoms with Gasteiger partial charge in [0.05, 0.1) is 12.7 Å². The van der Waals surface area contributed by atoms with Crippen LogP contribution in [0.4, 0.5) is 0 Å². The largest absolute Gasteiger partial charge is 0.496 e. The van der Waals surface area contributed by atoms with Crippen LogP contribution in [0.5, 0.6) is 5.75 Å². The van der Waals surface area contributed by atoms with Gasteiger partial charge in [-0.2, -0.15) is 0 Å². The van der Waals surface area contributed by atoms with E-state index in [1.165, 1.54) is 0 Å². The fourth-order valence-corrected chi connectivity index (χ4v) is 2.22. The minimum absolute atomic E-state index is 0.277. The van der Waals surface area contributed by atoms with Crippen molar-refractivity contribution >= 4 is 17.6 Å². The molecule has 0 aliphatic rings. The second-order valence-electron chi connectivity index (χ2n) is 4.13. The Balaban J connectivity index is 2.68. The zero-order valence-electron chi connectivity index (χ0n) is 10.6. The molecule has 2 rings (SSSR count). The van der Waals surface area contributed by atoms with Crippen molar-refractivity contribution in [2.75, 3.05) is 7.11 Å². The van der Waals surface area contributed by atoms with E-state index in [2.05, 4.69) is 0 Å². The highest BCUT2D eigenvalue weighted by molar-refractivity contribution is 6.31. The van der Waals surface area contributed by atoms with E-state index in [1.54, 1.807) is 44.4 Å². The molecule has 0 bridgehead atoms. The first kappa shape index (κ1) is 13.4. The number of carboxylic acids is 1. The summed E-state index contributed by atoms with van der Waals surface area (Å²) in [5.74, 6) is -0.282. The Morgan fingerprint density at radius 2 is 1.95 bits per heavy atom. The molecule has 0 heterocycles. The molecule has 0 radical (unpaired) electrons. The molecule has 0 fully saturated rings. The van der Waals surface area contributed by atoms with Crippen LogP contribution >= 0.6 is 11.6 Å². The Kier molecular flexibility index (Phi) is 3.76. The van der Waals surface area contributed by atoms with E-state index < -0.39 is 5.97 Å². The monoisotopic (exact) mass is 276 g/mol. The van der Waals surface area contributed by atoms with Gasteiger partial charge in [0, 0.05) is 10.6 Å². The van der Waals surface area contributed by atoms with Gasteiger partial charge in [0.2, 0.25) is 0 Å². The van der Waals surface area contributed by atoms with E-state index in [4.69, 9.17) is 21.4 Å². The van der Waals surface area contributed by atoms with Gasteiger partial charge >= 0.3 is 5.97 Å². The van der Waals surface area contributed by atoms with Crippen molar-refractivity contribution in [3.05, 3.63) is 52.5 Å². The summed E-state index contributed by atoms with van der Waals surface area (Å²) in [6.45, 7) is 1.78. The number of benzene rings is 2. The molecule has 2 aromatic rings. The quantitative estimate of drug-likeness (QED) is 0.921. The first-order valence-corrected chi connectivity index (χ1v) is 6.09. The van der Waals surface area contributed by atoms with Crippen LogP contribution < -0.4 is 4.74 Å². The molecule has 0 aliphatic heterocycles. The summed E-state index contributed by atoms with van der Waals surface area (Å²) in [7, 11) is 1.57. The number of halogens is 1. The molecule has 3 nitrogen and oxygen atoms in total. The number of ether oxygens (including phenoxy) is 1. The number of hydrogen-bond acceptors (Lipinski definition) is 2. The third-order valence-electron chi connectivity index (χ3n) is 3.02. The van der Waals surface area contributed by atoms with Gasteiger partial charge in [-0.15, -0.1) is 0 Å². The summed E-state index contributed by atoms with van der Waals surface area (Å²) < 4.78 is 5.30. The van der Waals surface area contributed by atoms with E-state index in [0.717, 1.165) is 11.1 Å². The Morgan fingerprint density at radius 1 is 1.21 bits per heavy atom. The fraction of sp³-hybridized carbons (Fsp3) is 0.133. The summed E-state index contributed by atoms with van der Waals surface area (Å²) in [5.41, 5.74) is 2.56. The van der Waals surface area contributed by atoms with Crippen LogP contribution in [-0.4, -0.2) is 18.2 Å². The standard InChI is InChI=1S/C15H13ClO3/c1-9-11(4-3-5-12(9)15(17)18)13-8-10(16)6-7-14(13)19-2/h3-8H,1-2H3,(H,17,18). The van der Waals surface area contributed by atoms with Crippen LogP contribution in [0, 0.1) is 6.92 Å². The molecule has 98 valence electrons. The normalized spacial score (nSPS) is 10.3. The molecule has 0 spiro atoms. The van der Waals surface area contributed by atoms with E-state index in [9.17, 15) is 4.79 Å². The second kappa shape index (κ2) is 5.33. The lowest BCUT2D eigenvalue weighted by Crippen LogP contribution is -2.01. The number of carboxylic acid groups (broad SMARTS) is 1. The fourth-order valence-electron chi connectivity index (χ4n) is 2.05. The third kappa shape index (κ3) is 2.56. The highest BCUT2D eigenvalue weighted by Crippen LogP contribution is 2.35. The Bertz CT molecular complexity index is 635. The Hall–Kier alpha value is -2.00. The third-order valence-corrected chi connectivity index (χ3v) is 3.25. The van der Waals surface area contributed by atoms with Crippen molar-refractivity contribution in [1.82, 2.24) is 0 Å². The highest BCUT2D eigenvalue weighted by Gasteiger charge is 2.14.